The number of ether oxygens (including phenoxy) is 2. The summed E-state index contributed by atoms with van der Waals surface area (Å²) in [6.07, 6.45) is -1.09. The lowest BCUT2D eigenvalue weighted by molar-refractivity contribution is -0.123. The second kappa shape index (κ2) is 7.90. The van der Waals surface area contributed by atoms with Crippen molar-refractivity contribution in [3.05, 3.63) is 52.5 Å². The van der Waals surface area contributed by atoms with E-state index in [4.69, 9.17) is 21.1 Å². The smallest absolute Gasteiger partial charge is 0.342 e. The first-order valence-electron chi connectivity index (χ1n) is 7.47. The zero-order chi connectivity index (χ0) is 18.6. The Kier molecular flexibility index (Phi) is 5.88. The number of aromatic hydroxyl groups is 1. The number of rotatable bonds is 5. The van der Waals surface area contributed by atoms with E-state index in [1.807, 2.05) is 13.0 Å². The summed E-state index contributed by atoms with van der Waals surface area (Å²) in [7, 11) is 1.49. The van der Waals surface area contributed by atoms with Gasteiger partial charge in [0.05, 0.1) is 12.8 Å². The fourth-order valence-electron chi connectivity index (χ4n) is 2.10. The highest BCUT2D eigenvalue weighted by atomic mass is 35.5. The van der Waals surface area contributed by atoms with Crippen molar-refractivity contribution in [1.82, 2.24) is 0 Å². The van der Waals surface area contributed by atoms with E-state index in [1.165, 1.54) is 32.2 Å². The van der Waals surface area contributed by atoms with Crippen molar-refractivity contribution in [2.75, 3.05) is 12.4 Å². The van der Waals surface area contributed by atoms with Gasteiger partial charge < -0.3 is 19.9 Å². The second-order valence-electron chi connectivity index (χ2n) is 5.40. The molecule has 25 heavy (non-hydrogen) atoms. The van der Waals surface area contributed by atoms with Crippen molar-refractivity contribution < 1.29 is 24.2 Å². The molecule has 2 rings (SSSR count). The minimum absolute atomic E-state index is 0.111. The summed E-state index contributed by atoms with van der Waals surface area (Å²) in [5, 5.41) is 12.6. The van der Waals surface area contributed by atoms with Crippen LogP contribution in [0.3, 0.4) is 0 Å². The van der Waals surface area contributed by atoms with Crippen LogP contribution >= 0.6 is 11.6 Å². The van der Waals surface area contributed by atoms with Gasteiger partial charge in [0.15, 0.2) is 6.10 Å². The van der Waals surface area contributed by atoms with Crippen LogP contribution in [0.1, 0.15) is 22.8 Å². The van der Waals surface area contributed by atoms with Crippen LogP contribution in [0.5, 0.6) is 11.5 Å². The van der Waals surface area contributed by atoms with Crippen LogP contribution in [0.25, 0.3) is 0 Å². The second-order valence-corrected chi connectivity index (χ2v) is 5.84. The molecule has 132 valence electrons. The standard InChI is InChI=1S/C18H18ClNO5/c1-10-4-7-16(24-3)14(8-10)20-17(22)11(2)25-18(23)13-9-12(19)5-6-15(13)21/h4-9,11,21H,1-3H3,(H,20,22). The number of nitrogens with one attached hydrogen (secondary N) is 1. The van der Waals surface area contributed by atoms with Crippen molar-refractivity contribution in [3.63, 3.8) is 0 Å². The number of esters is 1. The van der Waals surface area contributed by atoms with E-state index in [2.05, 4.69) is 5.32 Å². The number of hydrogen-bond acceptors (Lipinski definition) is 5. The molecule has 0 saturated heterocycles. The van der Waals surface area contributed by atoms with Gasteiger partial charge in [0.25, 0.3) is 5.91 Å². The monoisotopic (exact) mass is 363 g/mol. The number of phenolic OH excluding ortho intramolecular Hbond substituents is 1. The Morgan fingerprint density at radius 3 is 2.60 bits per heavy atom. The van der Waals surface area contributed by atoms with Crippen LogP contribution < -0.4 is 10.1 Å². The molecule has 0 aromatic heterocycles. The summed E-state index contributed by atoms with van der Waals surface area (Å²) in [5.41, 5.74) is 1.30. The van der Waals surface area contributed by atoms with Gasteiger partial charge in [-0.1, -0.05) is 17.7 Å². The minimum atomic E-state index is -1.09. The van der Waals surface area contributed by atoms with Crippen LogP contribution in [0, 0.1) is 6.92 Å². The van der Waals surface area contributed by atoms with Crippen molar-refractivity contribution in [3.8, 4) is 11.5 Å². The Balaban J connectivity index is 2.09. The number of benzene rings is 2. The van der Waals surface area contributed by atoms with E-state index in [-0.39, 0.29) is 16.3 Å². The number of methoxy groups -OCH3 is 1. The number of carbonyl (C=O) groups is 2. The largest absolute Gasteiger partial charge is 0.507 e. The van der Waals surface area contributed by atoms with Crippen LogP contribution in [-0.2, 0) is 9.53 Å². The Bertz CT molecular complexity index is 806. The molecule has 0 radical (unpaired) electrons. The molecule has 2 aromatic carbocycles. The molecular formula is C18H18ClNO5. The van der Waals surface area contributed by atoms with Gasteiger partial charge in [-0.15, -0.1) is 0 Å². The maximum atomic E-state index is 12.3. The molecule has 0 aliphatic rings. The van der Waals surface area contributed by atoms with Gasteiger partial charge in [-0.25, -0.2) is 4.79 Å². The minimum Gasteiger partial charge on any atom is -0.507 e. The molecule has 0 bridgehead atoms. The van der Waals surface area contributed by atoms with Crippen molar-refractivity contribution >= 4 is 29.2 Å². The van der Waals surface area contributed by atoms with E-state index in [9.17, 15) is 14.7 Å². The van der Waals surface area contributed by atoms with Gasteiger partial charge in [-0.2, -0.15) is 0 Å². The number of anilines is 1. The zero-order valence-electron chi connectivity index (χ0n) is 14.0. The average molecular weight is 364 g/mol. The topological polar surface area (TPSA) is 84.9 Å². The van der Waals surface area contributed by atoms with Gasteiger partial charge in [-0.05, 0) is 49.7 Å². The van der Waals surface area contributed by atoms with Crippen molar-refractivity contribution in [2.45, 2.75) is 20.0 Å². The summed E-state index contributed by atoms with van der Waals surface area (Å²) in [5.74, 6) is -1.16. The fraction of sp³-hybridized carbons (Fsp3) is 0.222. The number of phenols is 1. The fourth-order valence-corrected chi connectivity index (χ4v) is 2.28. The molecule has 0 heterocycles. The summed E-state index contributed by atoms with van der Waals surface area (Å²) in [4.78, 5) is 24.4. The van der Waals surface area contributed by atoms with E-state index >= 15 is 0 Å². The quantitative estimate of drug-likeness (QED) is 0.793. The molecule has 6 nitrogen and oxygen atoms in total. The molecule has 0 saturated carbocycles. The van der Waals surface area contributed by atoms with Gasteiger partial charge in [0.1, 0.15) is 17.1 Å². The number of carbonyl (C=O) groups excluding carboxylic acids is 2. The molecule has 0 aliphatic carbocycles. The summed E-state index contributed by atoms with van der Waals surface area (Å²) < 4.78 is 10.3. The highest BCUT2D eigenvalue weighted by Gasteiger charge is 2.22. The lowest BCUT2D eigenvalue weighted by Crippen LogP contribution is -2.30. The van der Waals surface area contributed by atoms with Gasteiger partial charge in [-0.3, -0.25) is 4.79 Å². The predicted octanol–water partition coefficient (Wildman–Crippen LogP) is 3.55. The van der Waals surface area contributed by atoms with E-state index < -0.39 is 18.0 Å². The highest BCUT2D eigenvalue weighted by Crippen LogP contribution is 2.26. The normalized spacial score (nSPS) is 11.5. The Hall–Kier alpha value is -2.73. The Labute approximate surface area is 150 Å². The third kappa shape index (κ3) is 4.64. The molecule has 0 fully saturated rings. The predicted molar refractivity (Wildman–Crippen MR) is 94.4 cm³/mol. The molecule has 2 aromatic rings. The Morgan fingerprint density at radius 1 is 1.20 bits per heavy atom. The highest BCUT2D eigenvalue weighted by molar-refractivity contribution is 6.31. The third-order valence-corrected chi connectivity index (χ3v) is 3.68. The molecule has 2 N–H and O–H groups in total. The first kappa shape index (κ1) is 18.6. The van der Waals surface area contributed by atoms with Gasteiger partial charge >= 0.3 is 5.97 Å². The van der Waals surface area contributed by atoms with Crippen LogP contribution in [0.4, 0.5) is 5.69 Å². The first-order valence-corrected chi connectivity index (χ1v) is 7.84. The van der Waals surface area contributed by atoms with Crippen molar-refractivity contribution in [2.24, 2.45) is 0 Å². The maximum absolute atomic E-state index is 12.3. The number of aryl methyl sites for hydroxylation is 1. The number of halogens is 1. The molecule has 1 unspecified atom stereocenters. The van der Waals surface area contributed by atoms with Crippen LogP contribution in [0.2, 0.25) is 5.02 Å². The van der Waals surface area contributed by atoms with Gasteiger partial charge in [0, 0.05) is 5.02 Å². The Morgan fingerprint density at radius 2 is 1.92 bits per heavy atom. The maximum Gasteiger partial charge on any atom is 0.342 e. The SMILES string of the molecule is COc1ccc(C)cc1NC(=O)C(C)OC(=O)c1cc(Cl)ccc1O. The molecular weight excluding hydrogens is 346 g/mol. The molecule has 1 amide bonds. The lowest BCUT2D eigenvalue weighted by Gasteiger charge is -2.16. The van der Waals surface area contributed by atoms with E-state index in [1.54, 1.807) is 12.1 Å². The van der Waals surface area contributed by atoms with Crippen molar-refractivity contribution in [1.29, 1.82) is 0 Å². The third-order valence-electron chi connectivity index (χ3n) is 3.44. The molecule has 1 atom stereocenters. The summed E-state index contributed by atoms with van der Waals surface area (Å²) in [6, 6.07) is 9.31. The zero-order valence-corrected chi connectivity index (χ0v) is 14.8. The average Bonchev–Trinajstić information content (AvgIpc) is 2.57. The number of hydrogen-bond donors (Lipinski definition) is 2. The molecule has 0 spiro atoms. The van der Waals surface area contributed by atoms with Gasteiger partial charge in [0.2, 0.25) is 0 Å². The summed E-state index contributed by atoms with van der Waals surface area (Å²) in [6.45, 7) is 3.30. The van der Waals surface area contributed by atoms with Crippen LogP contribution in [-0.4, -0.2) is 30.2 Å². The number of amides is 1. The van der Waals surface area contributed by atoms with Crippen LogP contribution in [0.15, 0.2) is 36.4 Å². The summed E-state index contributed by atoms with van der Waals surface area (Å²) >= 11 is 5.80. The van der Waals surface area contributed by atoms with E-state index in [0.29, 0.717) is 11.4 Å². The molecule has 0 aliphatic heterocycles. The molecule has 7 heteroatoms. The van der Waals surface area contributed by atoms with E-state index in [0.717, 1.165) is 5.56 Å². The lowest BCUT2D eigenvalue weighted by atomic mass is 10.2. The first-order chi connectivity index (χ1) is 11.8.